The van der Waals surface area contributed by atoms with Gasteiger partial charge in [-0.05, 0) is 46.0 Å². The van der Waals surface area contributed by atoms with E-state index in [1.165, 1.54) is 0 Å². The second-order valence-electron chi connectivity index (χ2n) is 5.22. The molecule has 0 radical (unpaired) electrons. The fourth-order valence-corrected chi connectivity index (χ4v) is 1.35. The fourth-order valence-electron chi connectivity index (χ4n) is 1.35. The lowest BCUT2D eigenvalue weighted by atomic mass is 9.99. The van der Waals surface area contributed by atoms with E-state index < -0.39 is 23.1 Å². The second kappa shape index (κ2) is 4.81. The van der Waals surface area contributed by atoms with Crippen LogP contribution in [0.3, 0.4) is 0 Å². The van der Waals surface area contributed by atoms with Gasteiger partial charge < -0.3 is 10.1 Å². The van der Waals surface area contributed by atoms with Crippen LogP contribution in [0.4, 0.5) is 4.79 Å². The Hall–Kier alpha value is -1.82. The molecule has 1 heterocycles. The van der Waals surface area contributed by atoms with Crippen LogP contribution < -0.4 is 11.2 Å². The SMILES string of the molecule is CC(C)(C)OC(=O)N(N)C(=O)C1(C)C=CC=CN1. The number of dihydropyridines is 1. The summed E-state index contributed by atoms with van der Waals surface area (Å²) in [5, 5.41) is 3.34. The highest BCUT2D eigenvalue weighted by Crippen LogP contribution is 2.15. The summed E-state index contributed by atoms with van der Waals surface area (Å²) in [5.41, 5.74) is -1.74. The number of rotatable bonds is 1. The maximum Gasteiger partial charge on any atom is 0.431 e. The van der Waals surface area contributed by atoms with Gasteiger partial charge in [0.1, 0.15) is 11.1 Å². The zero-order valence-electron chi connectivity index (χ0n) is 11.1. The Kier molecular flexibility index (Phi) is 3.81. The lowest BCUT2D eigenvalue weighted by molar-refractivity contribution is -0.134. The monoisotopic (exact) mass is 253 g/mol. The molecule has 18 heavy (non-hydrogen) atoms. The van der Waals surface area contributed by atoms with Crippen LogP contribution in [-0.4, -0.2) is 28.1 Å². The maximum absolute atomic E-state index is 12.1. The summed E-state index contributed by atoms with van der Waals surface area (Å²) in [6.45, 7) is 6.73. The van der Waals surface area contributed by atoms with Crippen LogP contribution in [0.2, 0.25) is 0 Å². The zero-order chi connectivity index (χ0) is 14.0. The van der Waals surface area contributed by atoms with Crippen molar-refractivity contribution in [3.63, 3.8) is 0 Å². The number of hydrogen-bond donors (Lipinski definition) is 2. The number of nitrogens with two attached hydrogens (primary N) is 1. The summed E-state index contributed by atoms with van der Waals surface area (Å²) in [5.74, 6) is 4.91. The Balaban J connectivity index is 2.75. The van der Waals surface area contributed by atoms with Gasteiger partial charge in [-0.3, -0.25) is 4.79 Å². The van der Waals surface area contributed by atoms with Gasteiger partial charge in [0.05, 0.1) is 0 Å². The van der Waals surface area contributed by atoms with Crippen LogP contribution in [0.1, 0.15) is 27.7 Å². The molecule has 0 aromatic rings. The van der Waals surface area contributed by atoms with Gasteiger partial charge in [-0.2, -0.15) is 5.01 Å². The van der Waals surface area contributed by atoms with Crippen LogP contribution in [-0.2, 0) is 9.53 Å². The molecule has 1 rings (SSSR count). The Morgan fingerprint density at radius 1 is 1.33 bits per heavy atom. The molecule has 0 saturated carbocycles. The van der Waals surface area contributed by atoms with Gasteiger partial charge >= 0.3 is 6.09 Å². The Morgan fingerprint density at radius 3 is 2.39 bits per heavy atom. The van der Waals surface area contributed by atoms with Crippen molar-refractivity contribution in [2.24, 2.45) is 5.84 Å². The Morgan fingerprint density at radius 2 is 1.94 bits per heavy atom. The van der Waals surface area contributed by atoms with Gasteiger partial charge in [-0.15, -0.1) is 0 Å². The van der Waals surface area contributed by atoms with Crippen molar-refractivity contribution in [2.75, 3.05) is 0 Å². The highest BCUT2D eigenvalue weighted by Gasteiger charge is 2.37. The van der Waals surface area contributed by atoms with Gasteiger partial charge in [-0.25, -0.2) is 10.6 Å². The van der Waals surface area contributed by atoms with Gasteiger partial charge in [0.25, 0.3) is 5.91 Å². The molecule has 0 bridgehead atoms. The molecule has 1 aliphatic rings. The van der Waals surface area contributed by atoms with Crippen molar-refractivity contribution < 1.29 is 14.3 Å². The molecular weight excluding hydrogens is 234 g/mol. The summed E-state index contributed by atoms with van der Waals surface area (Å²) in [6.07, 6.45) is 5.81. The molecule has 0 fully saturated rings. The minimum atomic E-state index is -1.04. The van der Waals surface area contributed by atoms with E-state index in [-0.39, 0.29) is 0 Å². The number of ether oxygens (including phenoxy) is 1. The molecule has 0 spiro atoms. The lowest BCUT2D eigenvalue weighted by Gasteiger charge is -2.31. The molecule has 1 atom stereocenters. The summed E-state index contributed by atoms with van der Waals surface area (Å²) in [4.78, 5) is 23.8. The smallest absolute Gasteiger partial charge is 0.431 e. The van der Waals surface area contributed by atoms with Crippen LogP contribution in [0.5, 0.6) is 0 Å². The molecule has 0 aromatic heterocycles. The molecule has 1 aliphatic heterocycles. The highest BCUT2D eigenvalue weighted by atomic mass is 16.6. The van der Waals surface area contributed by atoms with E-state index in [0.29, 0.717) is 5.01 Å². The third-order valence-electron chi connectivity index (χ3n) is 2.27. The van der Waals surface area contributed by atoms with Crippen molar-refractivity contribution in [2.45, 2.75) is 38.8 Å². The molecule has 6 nitrogen and oxygen atoms in total. The largest absolute Gasteiger partial charge is 0.442 e. The quantitative estimate of drug-likeness (QED) is 0.414. The summed E-state index contributed by atoms with van der Waals surface area (Å²) >= 11 is 0. The van der Waals surface area contributed by atoms with E-state index in [1.807, 2.05) is 0 Å². The molecule has 0 aliphatic carbocycles. The molecule has 3 N–H and O–H groups in total. The molecule has 1 unspecified atom stereocenters. The molecule has 0 saturated heterocycles. The molecule has 100 valence electrons. The highest BCUT2D eigenvalue weighted by molar-refractivity contribution is 5.98. The van der Waals surface area contributed by atoms with E-state index in [1.54, 1.807) is 52.1 Å². The van der Waals surface area contributed by atoms with E-state index in [4.69, 9.17) is 10.6 Å². The third kappa shape index (κ3) is 3.33. The van der Waals surface area contributed by atoms with Gasteiger partial charge in [-0.1, -0.05) is 6.08 Å². The van der Waals surface area contributed by atoms with Crippen molar-refractivity contribution in [1.29, 1.82) is 0 Å². The Labute approximate surface area is 106 Å². The molecular formula is C12H19N3O3. The minimum absolute atomic E-state index is 0.488. The first-order chi connectivity index (χ1) is 8.16. The van der Waals surface area contributed by atoms with Crippen molar-refractivity contribution >= 4 is 12.0 Å². The number of hydrogen-bond acceptors (Lipinski definition) is 5. The topological polar surface area (TPSA) is 84.7 Å². The van der Waals surface area contributed by atoms with Crippen LogP contribution in [0, 0.1) is 0 Å². The van der Waals surface area contributed by atoms with Crippen LogP contribution in [0.15, 0.2) is 24.4 Å². The van der Waals surface area contributed by atoms with Crippen molar-refractivity contribution in [3.8, 4) is 0 Å². The van der Waals surface area contributed by atoms with E-state index in [9.17, 15) is 9.59 Å². The van der Waals surface area contributed by atoms with Gasteiger partial charge in [0.2, 0.25) is 0 Å². The minimum Gasteiger partial charge on any atom is -0.442 e. The molecule has 6 heteroatoms. The number of amides is 2. The first kappa shape index (κ1) is 14.2. The maximum atomic E-state index is 12.1. The summed E-state index contributed by atoms with van der Waals surface area (Å²) in [7, 11) is 0. The second-order valence-corrected chi connectivity index (χ2v) is 5.22. The normalized spacial score (nSPS) is 22.3. The predicted molar refractivity (Wildman–Crippen MR) is 67.1 cm³/mol. The number of allylic oxidation sites excluding steroid dienone is 2. The average Bonchev–Trinajstić information content (AvgIpc) is 2.25. The average molecular weight is 253 g/mol. The van der Waals surface area contributed by atoms with Crippen LogP contribution in [0.25, 0.3) is 0 Å². The first-order valence-corrected chi connectivity index (χ1v) is 5.60. The Bertz CT molecular complexity index is 409. The van der Waals surface area contributed by atoms with E-state index in [2.05, 4.69) is 5.32 Å². The standard InChI is InChI=1S/C12H19N3O3/c1-11(2,3)18-10(17)15(13)9(16)12(4)7-5-6-8-14-12/h5-8,14H,13H2,1-4H3. The van der Waals surface area contributed by atoms with Gasteiger partial charge in [0.15, 0.2) is 0 Å². The summed E-state index contributed by atoms with van der Waals surface area (Å²) in [6, 6.07) is 0. The third-order valence-corrected chi connectivity index (χ3v) is 2.27. The fraction of sp³-hybridized carbons (Fsp3) is 0.500. The van der Waals surface area contributed by atoms with Gasteiger partial charge in [0, 0.05) is 0 Å². The number of imide groups is 1. The first-order valence-electron chi connectivity index (χ1n) is 5.60. The van der Waals surface area contributed by atoms with Crippen molar-refractivity contribution in [1.82, 2.24) is 10.3 Å². The lowest BCUT2D eigenvalue weighted by Crippen LogP contribution is -2.58. The van der Waals surface area contributed by atoms with E-state index in [0.717, 1.165) is 0 Å². The number of hydrazine groups is 1. The van der Waals surface area contributed by atoms with E-state index >= 15 is 0 Å². The predicted octanol–water partition coefficient (Wildman–Crippen LogP) is 1.06. The molecule has 2 amide bonds. The summed E-state index contributed by atoms with van der Waals surface area (Å²) < 4.78 is 5.03. The number of nitrogens with one attached hydrogen (secondary N) is 1. The number of nitrogens with zero attached hydrogens (tertiary/aromatic N) is 1. The zero-order valence-corrected chi connectivity index (χ0v) is 11.1. The molecule has 0 aromatic carbocycles. The number of carbonyl (C=O) groups is 2. The number of carbonyl (C=O) groups excluding carboxylic acids is 2. The van der Waals surface area contributed by atoms with Crippen LogP contribution >= 0.6 is 0 Å². The van der Waals surface area contributed by atoms with Crippen molar-refractivity contribution in [3.05, 3.63) is 24.4 Å².